The van der Waals surface area contributed by atoms with E-state index in [1.165, 1.54) is 0 Å². The van der Waals surface area contributed by atoms with E-state index in [4.69, 9.17) is 9.57 Å². The van der Waals surface area contributed by atoms with Crippen molar-refractivity contribution in [2.75, 3.05) is 7.11 Å². The van der Waals surface area contributed by atoms with Crippen LogP contribution in [0.2, 0.25) is 0 Å². The maximum absolute atomic E-state index is 11.8. The molecule has 2 atom stereocenters. The van der Waals surface area contributed by atoms with Crippen molar-refractivity contribution in [3.8, 4) is 5.75 Å². The Balaban J connectivity index is 2.30. The van der Waals surface area contributed by atoms with E-state index in [1.807, 2.05) is 23.3 Å². The minimum Gasteiger partial charge on any atom is -0.497 e. The molecule has 0 heterocycles. The summed E-state index contributed by atoms with van der Waals surface area (Å²) in [6, 6.07) is 5.46. The molecule has 0 spiro atoms. The Bertz CT molecular complexity index is 742. The first-order valence-electron chi connectivity index (χ1n) is 11.0. The van der Waals surface area contributed by atoms with Crippen LogP contribution in [0.1, 0.15) is 70.8 Å². The van der Waals surface area contributed by atoms with Gasteiger partial charge < -0.3 is 14.9 Å². The fourth-order valence-corrected chi connectivity index (χ4v) is 4.72. The van der Waals surface area contributed by atoms with Crippen LogP contribution in [0.4, 0.5) is 0 Å². The molecule has 2 unspecified atom stereocenters. The molecule has 0 bridgehead atoms. The first-order chi connectivity index (χ1) is 14.7. The Morgan fingerprint density at radius 1 is 1.19 bits per heavy atom. The van der Waals surface area contributed by atoms with Crippen molar-refractivity contribution in [2.45, 2.75) is 83.9 Å². The molecule has 1 aromatic carbocycles. The smallest absolute Gasteiger partial charge is 0.321 e. The van der Waals surface area contributed by atoms with Crippen molar-refractivity contribution in [1.29, 1.82) is 0 Å². The number of carbonyl (C=O) groups is 2. The number of benzene rings is 1. The average molecular weight is 500 g/mol. The Morgan fingerprint density at radius 3 is 2.45 bits per heavy atom. The number of hydroxylamine groups is 2. The molecule has 0 radical (unpaired) electrons. The lowest BCUT2D eigenvalue weighted by Crippen LogP contribution is -2.41. The van der Waals surface area contributed by atoms with Gasteiger partial charge in [-0.2, -0.15) is 5.06 Å². The maximum Gasteiger partial charge on any atom is 0.321 e. The van der Waals surface area contributed by atoms with E-state index >= 15 is 0 Å². The molecule has 1 fully saturated rings. The summed E-state index contributed by atoms with van der Waals surface area (Å²) in [5.74, 6) is -1.84. The van der Waals surface area contributed by atoms with Gasteiger partial charge in [0, 0.05) is 17.1 Å². The van der Waals surface area contributed by atoms with E-state index in [0.29, 0.717) is 18.7 Å². The highest BCUT2D eigenvalue weighted by Gasteiger charge is 2.53. The van der Waals surface area contributed by atoms with E-state index in [0.717, 1.165) is 42.1 Å². The summed E-state index contributed by atoms with van der Waals surface area (Å²) in [5.41, 5.74) is -0.814. The van der Waals surface area contributed by atoms with E-state index in [2.05, 4.69) is 29.8 Å². The number of halogens is 1. The molecule has 1 aliphatic carbocycles. The molecular formula is C23H34BrNO6. The van der Waals surface area contributed by atoms with Crippen LogP contribution in [0, 0.1) is 5.41 Å². The molecule has 8 heteroatoms. The monoisotopic (exact) mass is 499 g/mol. The fourth-order valence-electron chi connectivity index (χ4n) is 4.20. The van der Waals surface area contributed by atoms with Gasteiger partial charge in [-0.05, 0) is 55.9 Å². The van der Waals surface area contributed by atoms with Gasteiger partial charge in [0.1, 0.15) is 5.75 Å². The number of unbranched alkanes of at least 4 members (excludes halogenated alkanes) is 1. The lowest BCUT2D eigenvalue weighted by atomic mass is 9.86. The van der Waals surface area contributed by atoms with Gasteiger partial charge >= 0.3 is 11.9 Å². The van der Waals surface area contributed by atoms with Crippen LogP contribution in [0.3, 0.4) is 0 Å². The van der Waals surface area contributed by atoms with Gasteiger partial charge in [0.25, 0.3) is 0 Å². The predicted molar refractivity (Wildman–Crippen MR) is 121 cm³/mol. The van der Waals surface area contributed by atoms with Crippen molar-refractivity contribution >= 4 is 27.9 Å². The standard InChI is InChI=1S/C23H34BrNO6/c1-4-6-8-19(7-5-2)31-25(15-16-11-17(24)13-20(12-16)30-3)18-9-10-23(14-18,21(26)27)22(28)29/h11-13,18-19H,4-10,14-15H2,1-3H3,(H,26,27)(H,28,29). The predicted octanol–water partition coefficient (Wildman–Crippen LogP) is 5.26. The Kier molecular flexibility index (Phi) is 9.78. The molecule has 0 amide bonds. The summed E-state index contributed by atoms with van der Waals surface area (Å²) in [6.07, 6.45) is 5.49. The van der Waals surface area contributed by atoms with Gasteiger partial charge in [-0.3, -0.25) is 14.4 Å². The fraction of sp³-hybridized carbons (Fsp3) is 0.652. The van der Waals surface area contributed by atoms with Crippen LogP contribution >= 0.6 is 15.9 Å². The van der Waals surface area contributed by atoms with Gasteiger partial charge in [0.2, 0.25) is 0 Å². The molecule has 2 N–H and O–H groups in total. The van der Waals surface area contributed by atoms with Crippen LogP contribution in [0.25, 0.3) is 0 Å². The second-order valence-corrected chi connectivity index (χ2v) is 9.24. The second kappa shape index (κ2) is 11.8. The third-order valence-electron chi connectivity index (χ3n) is 5.99. The summed E-state index contributed by atoms with van der Waals surface area (Å²) >= 11 is 3.50. The lowest BCUT2D eigenvalue weighted by molar-refractivity contribution is -0.232. The average Bonchev–Trinajstić information content (AvgIpc) is 3.18. The zero-order valence-electron chi connectivity index (χ0n) is 18.6. The van der Waals surface area contributed by atoms with Gasteiger partial charge in [-0.25, -0.2) is 0 Å². The highest BCUT2D eigenvalue weighted by atomic mass is 79.9. The first kappa shape index (κ1) is 25.6. The first-order valence-corrected chi connectivity index (χ1v) is 11.8. The number of aliphatic carboxylic acids is 2. The molecule has 2 rings (SSSR count). The summed E-state index contributed by atoms with van der Waals surface area (Å²) in [5, 5.41) is 21.1. The van der Waals surface area contributed by atoms with Gasteiger partial charge in [0.15, 0.2) is 5.41 Å². The maximum atomic E-state index is 11.8. The van der Waals surface area contributed by atoms with Crippen LogP contribution in [0.5, 0.6) is 5.75 Å². The Hall–Kier alpha value is -1.64. The molecular weight excluding hydrogens is 466 g/mol. The largest absolute Gasteiger partial charge is 0.497 e. The number of hydrogen-bond donors (Lipinski definition) is 2. The quantitative estimate of drug-likeness (QED) is 0.282. The topological polar surface area (TPSA) is 96.3 Å². The molecule has 1 saturated carbocycles. The normalized spacial score (nSPS) is 18.8. The van der Waals surface area contributed by atoms with Gasteiger partial charge in [-0.1, -0.05) is 49.0 Å². The van der Waals surface area contributed by atoms with Crippen LogP contribution < -0.4 is 4.74 Å². The number of hydrogen-bond acceptors (Lipinski definition) is 5. The summed E-state index contributed by atoms with van der Waals surface area (Å²) in [6.45, 7) is 4.67. The minimum absolute atomic E-state index is 0.0173. The zero-order valence-corrected chi connectivity index (χ0v) is 20.2. The molecule has 0 saturated heterocycles. The van der Waals surface area contributed by atoms with E-state index < -0.39 is 17.4 Å². The highest BCUT2D eigenvalue weighted by Crippen LogP contribution is 2.42. The Morgan fingerprint density at radius 2 is 1.90 bits per heavy atom. The molecule has 0 aromatic heterocycles. The van der Waals surface area contributed by atoms with Gasteiger partial charge in [0.05, 0.1) is 13.2 Å². The van der Waals surface area contributed by atoms with E-state index in [1.54, 1.807) is 7.11 Å². The second-order valence-electron chi connectivity index (χ2n) is 8.32. The third kappa shape index (κ3) is 6.67. The molecule has 1 aromatic rings. The number of carboxylic acid groups (broad SMARTS) is 2. The molecule has 0 aliphatic heterocycles. The highest BCUT2D eigenvalue weighted by molar-refractivity contribution is 9.10. The number of rotatable bonds is 13. The number of methoxy groups -OCH3 is 1. The van der Waals surface area contributed by atoms with Crippen molar-refractivity contribution in [3.63, 3.8) is 0 Å². The lowest BCUT2D eigenvalue weighted by Gasteiger charge is -2.33. The van der Waals surface area contributed by atoms with Crippen LogP contribution in [0.15, 0.2) is 22.7 Å². The van der Waals surface area contributed by atoms with Crippen molar-refractivity contribution in [3.05, 3.63) is 28.2 Å². The molecule has 7 nitrogen and oxygen atoms in total. The van der Waals surface area contributed by atoms with Crippen LogP contribution in [-0.4, -0.2) is 46.5 Å². The molecule has 1 aliphatic rings. The zero-order chi connectivity index (χ0) is 23.0. The van der Waals surface area contributed by atoms with Crippen molar-refractivity contribution in [1.82, 2.24) is 5.06 Å². The van der Waals surface area contributed by atoms with E-state index in [9.17, 15) is 19.8 Å². The SMILES string of the molecule is CCCCC(CCC)ON(Cc1cc(Br)cc(OC)c1)C1CCC(C(=O)O)(C(=O)O)C1. The van der Waals surface area contributed by atoms with Gasteiger partial charge in [-0.15, -0.1) is 0 Å². The summed E-state index contributed by atoms with van der Waals surface area (Å²) in [7, 11) is 1.60. The van der Waals surface area contributed by atoms with E-state index in [-0.39, 0.29) is 25.0 Å². The number of nitrogens with zero attached hydrogens (tertiary/aromatic N) is 1. The minimum atomic E-state index is -1.76. The Labute approximate surface area is 192 Å². The van der Waals surface area contributed by atoms with Crippen molar-refractivity contribution < 1.29 is 29.4 Å². The number of carboxylic acids is 2. The molecule has 174 valence electrons. The number of ether oxygens (including phenoxy) is 1. The third-order valence-corrected chi connectivity index (χ3v) is 6.45. The summed E-state index contributed by atoms with van der Waals surface area (Å²) in [4.78, 5) is 30.1. The summed E-state index contributed by atoms with van der Waals surface area (Å²) < 4.78 is 6.24. The van der Waals surface area contributed by atoms with Crippen LogP contribution in [-0.2, 0) is 21.0 Å². The van der Waals surface area contributed by atoms with Crippen molar-refractivity contribution in [2.24, 2.45) is 5.41 Å². The molecule has 31 heavy (non-hydrogen) atoms.